The Labute approximate surface area is 142 Å². The Hall–Kier alpha value is -1.37. The minimum atomic E-state index is -3.22. The van der Waals surface area contributed by atoms with Gasteiger partial charge in [-0.2, -0.15) is 0 Å². The first-order valence-electron chi connectivity index (χ1n) is 7.74. The highest BCUT2D eigenvalue weighted by Gasteiger charge is 2.09. The average Bonchev–Trinajstić information content (AvgIpc) is 3.03. The largest absolute Gasteiger partial charge is 0.351 e. The summed E-state index contributed by atoms with van der Waals surface area (Å²) in [6.07, 6.45) is 8.13. The molecule has 0 spiro atoms. The van der Waals surface area contributed by atoms with Gasteiger partial charge in [0.1, 0.15) is 0 Å². The van der Waals surface area contributed by atoms with Crippen molar-refractivity contribution >= 4 is 21.6 Å². The van der Waals surface area contributed by atoms with Gasteiger partial charge in [0, 0.05) is 17.8 Å². The fraction of sp³-hybridized carbons (Fsp3) is 0.438. The molecular formula is C16H22ClN3O2S. The van der Waals surface area contributed by atoms with Gasteiger partial charge in [-0.1, -0.05) is 36.6 Å². The molecule has 0 saturated carbocycles. The molecule has 0 saturated heterocycles. The number of aryl methyl sites for hydroxylation is 1. The van der Waals surface area contributed by atoms with Crippen LogP contribution in [0, 0.1) is 0 Å². The molecule has 2 N–H and O–H groups in total. The van der Waals surface area contributed by atoms with Crippen molar-refractivity contribution in [3.05, 3.63) is 53.1 Å². The summed E-state index contributed by atoms with van der Waals surface area (Å²) in [5.74, 6) is 0.170. The Kier molecular flexibility index (Phi) is 7.08. The molecule has 2 rings (SSSR count). The lowest BCUT2D eigenvalue weighted by atomic mass is 10.1. The van der Waals surface area contributed by atoms with Gasteiger partial charge in [-0.25, -0.2) is 18.1 Å². The molecule has 23 heavy (non-hydrogen) atoms. The summed E-state index contributed by atoms with van der Waals surface area (Å²) in [6.45, 7) is 0.304. The molecule has 7 heteroatoms. The normalized spacial score (nSPS) is 11.7. The number of halogens is 1. The molecule has 0 aliphatic carbocycles. The Balaban J connectivity index is 1.59. The molecule has 1 aromatic heterocycles. The monoisotopic (exact) mass is 355 g/mol. The first-order valence-corrected chi connectivity index (χ1v) is 9.78. The second-order valence-corrected chi connectivity index (χ2v) is 7.85. The number of H-pyrrole nitrogens is 1. The van der Waals surface area contributed by atoms with Crippen LogP contribution in [0.1, 0.15) is 36.9 Å². The SMILES string of the molecule is O=S(=O)(CCCCCCc1c[nH]cn1)NCc1ccc(Cl)cc1. The predicted octanol–water partition coefficient (Wildman–Crippen LogP) is 3.29. The Morgan fingerprint density at radius 1 is 1.09 bits per heavy atom. The van der Waals surface area contributed by atoms with E-state index in [4.69, 9.17) is 11.6 Å². The zero-order chi connectivity index (χ0) is 16.5. The van der Waals surface area contributed by atoms with E-state index in [2.05, 4.69) is 14.7 Å². The highest BCUT2D eigenvalue weighted by Crippen LogP contribution is 2.10. The third-order valence-corrected chi connectivity index (χ3v) is 5.22. The fourth-order valence-corrected chi connectivity index (χ4v) is 3.49. The average molecular weight is 356 g/mol. The van der Waals surface area contributed by atoms with Gasteiger partial charge in [0.25, 0.3) is 0 Å². The molecule has 0 aliphatic heterocycles. The number of imidazole rings is 1. The van der Waals surface area contributed by atoms with Gasteiger partial charge in [0.15, 0.2) is 0 Å². The van der Waals surface area contributed by atoms with Crippen LogP contribution < -0.4 is 4.72 Å². The number of unbranched alkanes of at least 4 members (excludes halogenated alkanes) is 3. The van der Waals surface area contributed by atoms with Crippen molar-refractivity contribution in [3.63, 3.8) is 0 Å². The van der Waals surface area contributed by atoms with Gasteiger partial charge in [0.05, 0.1) is 17.8 Å². The second-order valence-electron chi connectivity index (χ2n) is 5.49. The van der Waals surface area contributed by atoms with Crippen LogP contribution in [0.25, 0.3) is 0 Å². The molecule has 0 fully saturated rings. The molecule has 0 aliphatic rings. The van der Waals surface area contributed by atoms with Gasteiger partial charge in [-0.15, -0.1) is 0 Å². The standard InChI is InChI=1S/C16H22ClN3O2S/c17-15-8-6-14(7-9-15)11-20-23(21,22)10-4-2-1-3-5-16-12-18-13-19-16/h6-9,12-13,20H,1-5,10-11H2,(H,18,19). The van der Waals surface area contributed by atoms with Gasteiger partial charge in [-0.3, -0.25) is 0 Å². The third kappa shape index (κ3) is 7.16. The van der Waals surface area contributed by atoms with Crippen molar-refractivity contribution in [3.8, 4) is 0 Å². The zero-order valence-electron chi connectivity index (χ0n) is 13.0. The van der Waals surface area contributed by atoms with Crippen LogP contribution in [0.5, 0.6) is 0 Å². The highest BCUT2D eigenvalue weighted by molar-refractivity contribution is 7.89. The summed E-state index contributed by atoms with van der Waals surface area (Å²) in [5, 5.41) is 0.645. The van der Waals surface area contributed by atoms with Crippen LogP contribution in [-0.4, -0.2) is 24.1 Å². The van der Waals surface area contributed by atoms with Gasteiger partial charge >= 0.3 is 0 Å². The number of aromatic nitrogens is 2. The lowest BCUT2D eigenvalue weighted by Crippen LogP contribution is -2.25. The number of sulfonamides is 1. The molecule has 0 unspecified atom stereocenters. The first kappa shape index (κ1) is 18.0. The number of rotatable bonds is 10. The number of hydrogen-bond donors (Lipinski definition) is 2. The number of nitrogens with zero attached hydrogens (tertiary/aromatic N) is 1. The van der Waals surface area contributed by atoms with Crippen molar-refractivity contribution in [2.45, 2.75) is 38.6 Å². The first-order chi connectivity index (χ1) is 11.1. The van der Waals surface area contributed by atoms with E-state index in [-0.39, 0.29) is 5.75 Å². The topological polar surface area (TPSA) is 74.8 Å². The summed E-state index contributed by atoms with van der Waals surface area (Å²) in [7, 11) is -3.22. The van der Waals surface area contributed by atoms with Crippen molar-refractivity contribution in [1.29, 1.82) is 0 Å². The minimum absolute atomic E-state index is 0.170. The number of hydrogen-bond acceptors (Lipinski definition) is 3. The summed E-state index contributed by atoms with van der Waals surface area (Å²) in [5.41, 5.74) is 1.96. The van der Waals surface area contributed by atoms with Crippen molar-refractivity contribution in [2.75, 3.05) is 5.75 Å². The van der Waals surface area contributed by atoms with Crippen LogP contribution in [0.15, 0.2) is 36.8 Å². The van der Waals surface area contributed by atoms with Crippen LogP contribution in [0.2, 0.25) is 5.02 Å². The number of benzene rings is 1. The number of nitrogens with one attached hydrogen (secondary N) is 2. The van der Waals surface area contributed by atoms with E-state index in [1.807, 2.05) is 18.3 Å². The molecule has 0 bridgehead atoms. The van der Waals surface area contributed by atoms with E-state index >= 15 is 0 Å². The van der Waals surface area contributed by atoms with Crippen LogP contribution in [0.4, 0.5) is 0 Å². The number of aromatic amines is 1. The Bertz CT molecular complexity index is 670. The van der Waals surface area contributed by atoms with Gasteiger partial charge in [0.2, 0.25) is 10.0 Å². The lowest BCUT2D eigenvalue weighted by molar-refractivity contribution is 0.573. The molecule has 1 heterocycles. The molecule has 5 nitrogen and oxygen atoms in total. The molecule has 0 radical (unpaired) electrons. The van der Waals surface area contributed by atoms with E-state index in [0.29, 0.717) is 18.0 Å². The van der Waals surface area contributed by atoms with Crippen molar-refractivity contribution < 1.29 is 8.42 Å². The maximum Gasteiger partial charge on any atom is 0.211 e. The molecule has 126 valence electrons. The molecular weight excluding hydrogens is 334 g/mol. The van der Waals surface area contributed by atoms with Crippen molar-refractivity contribution in [1.82, 2.24) is 14.7 Å². The van der Waals surface area contributed by atoms with E-state index in [1.165, 1.54) is 0 Å². The third-order valence-electron chi connectivity index (χ3n) is 3.56. The van der Waals surface area contributed by atoms with E-state index < -0.39 is 10.0 Å². The maximum atomic E-state index is 11.9. The highest BCUT2D eigenvalue weighted by atomic mass is 35.5. The fourth-order valence-electron chi connectivity index (χ4n) is 2.25. The van der Waals surface area contributed by atoms with Gasteiger partial charge < -0.3 is 4.98 Å². The quantitative estimate of drug-likeness (QED) is 0.642. The summed E-state index contributed by atoms with van der Waals surface area (Å²) in [4.78, 5) is 7.09. The summed E-state index contributed by atoms with van der Waals surface area (Å²) in [6, 6.07) is 7.15. The second kappa shape index (κ2) is 9.05. The van der Waals surface area contributed by atoms with E-state index in [9.17, 15) is 8.42 Å². The lowest BCUT2D eigenvalue weighted by Gasteiger charge is -2.07. The molecule has 0 atom stereocenters. The van der Waals surface area contributed by atoms with E-state index in [0.717, 1.165) is 36.9 Å². The van der Waals surface area contributed by atoms with Gasteiger partial charge in [-0.05, 0) is 37.0 Å². The predicted molar refractivity (Wildman–Crippen MR) is 92.8 cm³/mol. The summed E-state index contributed by atoms with van der Waals surface area (Å²) >= 11 is 5.80. The minimum Gasteiger partial charge on any atom is -0.351 e. The van der Waals surface area contributed by atoms with Crippen LogP contribution in [0.3, 0.4) is 0 Å². The molecule has 2 aromatic rings. The Morgan fingerprint density at radius 3 is 2.52 bits per heavy atom. The maximum absolute atomic E-state index is 11.9. The van der Waals surface area contributed by atoms with Crippen LogP contribution >= 0.6 is 11.6 Å². The molecule has 0 amide bonds. The summed E-state index contributed by atoms with van der Waals surface area (Å²) < 4.78 is 26.5. The molecule has 1 aromatic carbocycles. The van der Waals surface area contributed by atoms with Crippen LogP contribution in [-0.2, 0) is 23.0 Å². The Morgan fingerprint density at radius 2 is 1.83 bits per heavy atom. The van der Waals surface area contributed by atoms with Crippen molar-refractivity contribution in [2.24, 2.45) is 0 Å². The smallest absolute Gasteiger partial charge is 0.211 e. The zero-order valence-corrected chi connectivity index (χ0v) is 14.5. The van der Waals surface area contributed by atoms with E-state index in [1.54, 1.807) is 18.5 Å².